The first-order chi connectivity index (χ1) is 9.63. The van der Waals surface area contributed by atoms with E-state index < -0.39 is 0 Å². The molecule has 0 aliphatic heterocycles. The number of anilines is 1. The van der Waals surface area contributed by atoms with Crippen molar-refractivity contribution in [3.05, 3.63) is 20.6 Å². The molecule has 0 bridgehead atoms. The fraction of sp³-hybridized carbons (Fsp3) is 0.500. The van der Waals surface area contributed by atoms with E-state index in [0.29, 0.717) is 11.4 Å². The maximum absolute atomic E-state index is 12.1. The second-order valence-electron chi connectivity index (χ2n) is 4.09. The molecule has 108 valence electrons. The van der Waals surface area contributed by atoms with Crippen molar-refractivity contribution in [1.82, 2.24) is 20.5 Å². The monoisotopic (exact) mass is 311 g/mol. The van der Waals surface area contributed by atoms with Crippen LogP contribution >= 0.6 is 22.7 Å². The fourth-order valence-electron chi connectivity index (χ4n) is 1.57. The summed E-state index contributed by atoms with van der Waals surface area (Å²) >= 11 is 2.90. The molecule has 2 aromatic heterocycles. The number of rotatable bonds is 6. The van der Waals surface area contributed by atoms with Crippen molar-refractivity contribution in [2.24, 2.45) is 0 Å². The Hall–Kier alpha value is -1.54. The van der Waals surface area contributed by atoms with Crippen LogP contribution in [0, 0.1) is 6.92 Å². The lowest BCUT2D eigenvalue weighted by atomic mass is 10.4. The van der Waals surface area contributed by atoms with E-state index in [4.69, 9.17) is 0 Å². The summed E-state index contributed by atoms with van der Waals surface area (Å²) in [5, 5.41) is 16.6. The van der Waals surface area contributed by atoms with Gasteiger partial charge in [-0.3, -0.25) is 4.79 Å². The number of nitrogens with zero attached hydrogens (tertiary/aromatic N) is 3. The molecule has 0 radical (unpaired) electrons. The fourth-order valence-corrected chi connectivity index (χ4v) is 3.25. The number of hydrogen-bond acceptors (Lipinski definition) is 7. The molecule has 2 rings (SSSR count). The molecule has 0 unspecified atom stereocenters. The van der Waals surface area contributed by atoms with E-state index in [0.717, 1.165) is 33.8 Å². The highest BCUT2D eigenvalue weighted by molar-refractivity contribution is 7.17. The summed E-state index contributed by atoms with van der Waals surface area (Å²) in [6.07, 6.45) is 0.867. The maximum Gasteiger partial charge on any atom is 0.263 e. The molecular weight excluding hydrogens is 294 g/mol. The van der Waals surface area contributed by atoms with Crippen molar-refractivity contribution in [2.45, 2.75) is 33.7 Å². The summed E-state index contributed by atoms with van der Waals surface area (Å²) in [6, 6.07) is 0. The first-order valence-electron chi connectivity index (χ1n) is 6.44. The number of aromatic nitrogens is 3. The Balaban J connectivity index is 1.97. The van der Waals surface area contributed by atoms with Gasteiger partial charge in [-0.05, 0) is 20.3 Å². The Morgan fingerprint density at radius 3 is 2.60 bits per heavy atom. The van der Waals surface area contributed by atoms with Crippen LogP contribution in [0.15, 0.2) is 0 Å². The van der Waals surface area contributed by atoms with Crippen LogP contribution in [0.3, 0.4) is 0 Å². The molecule has 0 atom stereocenters. The van der Waals surface area contributed by atoms with Gasteiger partial charge < -0.3 is 10.6 Å². The Kier molecular flexibility index (Phi) is 5.02. The van der Waals surface area contributed by atoms with Gasteiger partial charge in [0.25, 0.3) is 5.91 Å². The van der Waals surface area contributed by atoms with Crippen molar-refractivity contribution < 1.29 is 4.79 Å². The average molecular weight is 311 g/mol. The number of thiazole rings is 1. The molecule has 0 fully saturated rings. The second kappa shape index (κ2) is 6.76. The number of amides is 1. The molecule has 0 spiro atoms. The van der Waals surface area contributed by atoms with Gasteiger partial charge in [0.2, 0.25) is 0 Å². The van der Waals surface area contributed by atoms with Crippen LogP contribution in [0.4, 0.5) is 5.13 Å². The van der Waals surface area contributed by atoms with E-state index in [2.05, 4.69) is 25.8 Å². The standard InChI is InChI=1S/C12H17N5OS2/c1-4-8-16-17-9(19-8)6-14-11(18)10-7(3)15-12(20-10)13-5-2/h4-6H2,1-3H3,(H,13,15)(H,14,18). The molecule has 6 nitrogen and oxygen atoms in total. The van der Waals surface area contributed by atoms with Crippen LogP contribution in [0.25, 0.3) is 0 Å². The van der Waals surface area contributed by atoms with E-state index in [-0.39, 0.29) is 5.91 Å². The largest absolute Gasteiger partial charge is 0.362 e. The van der Waals surface area contributed by atoms with E-state index in [1.807, 2.05) is 20.8 Å². The Labute approximate surface area is 125 Å². The SMILES string of the molecule is CCNc1nc(C)c(C(=O)NCc2nnc(CC)s2)s1. The predicted octanol–water partition coefficient (Wildman–Crippen LogP) is 2.23. The summed E-state index contributed by atoms with van der Waals surface area (Å²) in [6.45, 7) is 7.07. The minimum Gasteiger partial charge on any atom is -0.362 e. The van der Waals surface area contributed by atoms with Crippen LogP contribution in [0.1, 0.15) is 39.2 Å². The molecule has 20 heavy (non-hydrogen) atoms. The summed E-state index contributed by atoms with van der Waals surface area (Å²) in [7, 11) is 0. The Morgan fingerprint density at radius 2 is 1.95 bits per heavy atom. The predicted molar refractivity (Wildman–Crippen MR) is 81.5 cm³/mol. The Bertz CT molecular complexity index is 592. The minimum atomic E-state index is -0.114. The first-order valence-corrected chi connectivity index (χ1v) is 8.08. The van der Waals surface area contributed by atoms with Crippen molar-refractivity contribution in [3.63, 3.8) is 0 Å². The summed E-state index contributed by atoms with van der Waals surface area (Å²) < 4.78 is 0. The second-order valence-corrected chi connectivity index (χ2v) is 6.24. The van der Waals surface area contributed by atoms with Gasteiger partial charge in [-0.2, -0.15) is 0 Å². The van der Waals surface area contributed by atoms with E-state index in [9.17, 15) is 4.79 Å². The molecule has 1 amide bonds. The lowest BCUT2D eigenvalue weighted by Crippen LogP contribution is -2.22. The van der Waals surface area contributed by atoms with Crippen LogP contribution in [0.2, 0.25) is 0 Å². The quantitative estimate of drug-likeness (QED) is 0.855. The smallest absolute Gasteiger partial charge is 0.263 e. The van der Waals surface area contributed by atoms with Crippen molar-refractivity contribution in [1.29, 1.82) is 0 Å². The molecule has 8 heteroatoms. The zero-order chi connectivity index (χ0) is 14.5. The summed E-state index contributed by atoms with van der Waals surface area (Å²) in [4.78, 5) is 17.1. The molecule has 2 aromatic rings. The topological polar surface area (TPSA) is 79.8 Å². The zero-order valence-corrected chi connectivity index (χ0v) is 13.3. The third kappa shape index (κ3) is 3.51. The third-order valence-electron chi connectivity index (χ3n) is 2.54. The van der Waals surface area contributed by atoms with Crippen LogP contribution < -0.4 is 10.6 Å². The molecular formula is C12H17N5OS2. The van der Waals surface area contributed by atoms with Crippen LogP contribution in [-0.2, 0) is 13.0 Å². The number of carbonyl (C=O) groups is 1. The average Bonchev–Trinajstić information content (AvgIpc) is 3.03. The third-order valence-corrected chi connectivity index (χ3v) is 4.72. The van der Waals surface area contributed by atoms with E-state index >= 15 is 0 Å². The summed E-state index contributed by atoms with van der Waals surface area (Å²) in [5.41, 5.74) is 0.745. The number of aryl methyl sites for hydroxylation is 2. The maximum atomic E-state index is 12.1. The van der Waals surface area contributed by atoms with Crippen LogP contribution in [-0.4, -0.2) is 27.6 Å². The first kappa shape index (κ1) is 14.9. The van der Waals surface area contributed by atoms with E-state index in [1.54, 1.807) is 0 Å². The lowest BCUT2D eigenvalue weighted by molar-refractivity contribution is 0.0954. The molecule has 2 N–H and O–H groups in total. The number of hydrogen-bond donors (Lipinski definition) is 2. The van der Waals surface area contributed by atoms with Gasteiger partial charge in [-0.15, -0.1) is 10.2 Å². The van der Waals surface area contributed by atoms with Crippen molar-refractivity contribution in [3.8, 4) is 0 Å². The highest BCUT2D eigenvalue weighted by atomic mass is 32.1. The molecule has 2 heterocycles. The van der Waals surface area contributed by atoms with Gasteiger partial charge in [-0.1, -0.05) is 29.6 Å². The molecule has 0 saturated heterocycles. The minimum absolute atomic E-state index is 0.114. The van der Waals surface area contributed by atoms with Gasteiger partial charge in [0.1, 0.15) is 14.9 Å². The lowest BCUT2D eigenvalue weighted by Gasteiger charge is -2.00. The van der Waals surface area contributed by atoms with Gasteiger partial charge in [-0.25, -0.2) is 4.98 Å². The zero-order valence-electron chi connectivity index (χ0n) is 11.7. The summed E-state index contributed by atoms with van der Waals surface area (Å²) in [5.74, 6) is -0.114. The Morgan fingerprint density at radius 1 is 1.20 bits per heavy atom. The number of nitrogens with one attached hydrogen (secondary N) is 2. The number of carbonyl (C=O) groups excluding carboxylic acids is 1. The van der Waals surface area contributed by atoms with Crippen LogP contribution in [0.5, 0.6) is 0 Å². The van der Waals surface area contributed by atoms with Gasteiger partial charge in [0.05, 0.1) is 12.2 Å². The van der Waals surface area contributed by atoms with Crippen molar-refractivity contribution >= 4 is 33.7 Å². The normalized spacial score (nSPS) is 10.6. The highest BCUT2D eigenvalue weighted by Crippen LogP contribution is 2.22. The van der Waals surface area contributed by atoms with Crippen molar-refractivity contribution in [2.75, 3.05) is 11.9 Å². The highest BCUT2D eigenvalue weighted by Gasteiger charge is 2.15. The van der Waals surface area contributed by atoms with Gasteiger partial charge >= 0.3 is 0 Å². The molecule has 0 aliphatic carbocycles. The van der Waals surface area contributed by atoms with Gasteiger partial charge in [0.15, 0.2) is 5.13 Å². The molecule has 0 saturated carbocycles. The molecule has 0 aromatic carbocycles. The van der Waals surface area contributed by atoms with Gasteiger partial charge in [0, 0.05) is 6.54 Å². The van der Waals surface area contributed by atoms with E-state index in [1.165, 1.54) is 22.7 Å². The molecule has 0 aliphatic rings.